The molecule has 0 saturated carbocycles. The molecule has 4 aromatic rings. The first-order valence-corrected chi connectivity index (χ1v) is 12.2. The molecule has 9 heteroatoms. The zero-order chi connectivity index (χ0) is 23.2. The molecule has 1 heterocycles. The van der Waals surface area contributed by atoms with Crippen LogP contribution < -0.4 is 10.9 Å². The Bertz CT molecular complexity index is 1430. The maximum atomic E-state index is 13.3. The lowest BCUT2D eigenvalue weighted by atomic mass is 10.2. The molecule has 4 rings (SSSR count). The van der Waals surface area contributed by atoms with E-state index in [0.717, 1.165) is 4.90 Å². The largest absolute Gasteiger partial charge is 0.324 e. The number of nitriles is 1. The van der Waals surface area contributed by atoms with Crippen molar-refractivity contribution in [3.05, 3.63) is 88.2 Å². The zero-order valence-corrected chi connectivity index (χ0v) is 19.6. The minimum absolute atomic E-state index is 0.0442. The number of nitrogens with zero attached hydrogens (tertiary/aromatic N) is 3. The monoisotopic (exact) mass is 492 g/mol. The van der Waals surface area contributed by atoms with Gasteiger partial charge in [0.2, 0.25) is 5.91 Å². The molecular formula is C24H17ClN4O2S2. The van der Waals surface area contributed by atoms with Crippen molar-refractivity contribution >= 4 is 57.6 Å². The Labute approximate surface area is 203 Å². The summed E-state index contributed by atoms with van der Waals surface area (Å²) in [4.78, 5) is 31.5. The fourth-order valence-electron chi connectivity index (χ4n) is 3.17. The Morgan fingerprint density at radius 3 is 2.67 bits per heavy atom. The van der Waals surface area contributed by atoms with Gasteiger partial charge in [0.25, 0.3) is 5.56 Å². The Morgan fingerprint density at radius 1 is 1.06 bits per heavy atom. The Kier molecular flexibility index (Phi) is 7.35. The number of para-hydroxylation sites is 2. The van der Waals surface area contributed by atoms with Gasteiger partial charge in [0.05, 0.1) is 39.9 Å². The molecular weight excluding hydrogens is 476 g/mol. The topological polar surface area (TPSA) is 87.8 Å². The zero-order valence-electron chi connectivity index (χ0n) is 17.2. The number of amides is 1. The molecule has 1 N–H and O–H groups in total. The van der Waals surface area contributed by atoms with Crippen molar-refractivity contribution in [2.75, 3.05) is 16.8 Å². The van der Waals surface area contributed by atoms with E-state index >= 15 is 0 Å². The van der Waals surface area contributed by atoms with Crippen LogP contribution >= 0.6 is 35.1 Å². The summed E-state index contributed by atoms with van der Waals surface area (Å²) < 4.78 is 1.48. The number of nitrogens with one attached hydrogen (secondary N) is 1. The van der Waals surface area contributed by atoms with Gasteiger partial charge in [0, 0.05) is 9.92 Å². The van der Waals surface area contributed by atoms with E-state index in [1.165, 1.54) is 28.1 Å². The van der Waals surface area contributed by atoms with Crippen molar-refractivity contribution in [1.29, 1.82) is 5.26 Å². The lowest BCUT2D eigenvalue weighted by molar-refractivity contribution is -0.113. The number of fused-ring (bicyclic) bond motifs is 1. The molecule has 6 nitrogen and oxygen atoms in total. The highest BCUT2D eigenvalue weighted by atomic mass is 35.5. The number of thioether (sulfide) groups is 2. The predicted molar refractivity (Wildman–Crippen MR) is 134 cm³/mol. The SMILES string of the molecule is N#CCSc1ccccc1NC(=O)CSc1nc2ccccc2c(=O)n1-c1cccc(Cl)c1. The van der Waals surface area contributed by atoms with Crippen LogP contribution in [0, 0.1) is 11.3 Å². The van der Waals surface area contributed by atoms with Crippen molar-refractivity contribution in [3.8, 4) is 11.8 Å². The lowest BCUT2D eigenvalue weighted by Gasteiger charge is -2.14. The molecule has 33 heavy (non-hydrogen) atoms. The summed E-state index contributed by atoms with van der Waals surface area (Å²) in [6, 6.07) is 23.5. The van der Waals surface area contributed by atoms with Crippen LogP contribution in [-0.2, 0) is 4.79 Å². The molecule has 3 aromatic carbocycles. The molecule has 1 amide bonds. The third-order valence-electron chi connectivity index (χ3n) is 4.60. The molecule has 0 bridgehead atoms. The fraction of sp³-hybridized carbons (Fsp3) is 0.0833. The van der Waals surface area contributed by atoms with Gasteiger partial charge in [0.15, 0.2) is 5.16 Å². The second-order valence-electron chi connectivity index (χ2n) is 6.81. The summed E-state index contributed by atoms with van der Waals surface area (Å²) in [6.45, 7) is 0. The molecule has 164 valence electrons. The van der Waals surface area contributed by atoms with Crippen molar-refractivity contribution in [3.63, 3.8) is 0 Å². The number of anilines is 1. The van der Waals surface area contributed by atoms with Crippen LogP contribution in [0.15, 0.2) is 87.6 Å². The summed E-state index contributed by atoms with van der Waals surface area (Å²) in [5.74, 6) is 0.0852. The highest BCUT2D eigenvalue weighted by Crippen LogP contribution is 2.27. The normalized spacial score (nSPS) is 10.7. The maximum absolute atomic E-state index is 13.3. The lowest BCUT2D eigenvalue weighted by Crippen LogP contribution is -2.23. The number of rotatable bonds is 7. The summed E-state index contributed by atoms with van der Waals surface area (Å²) in [5.41, 5.74) is 1.54. The third kappa shape index (κ3) is 5.40. The van der Waals surface area contributed by atoms with Crippen LogP contribution in [0.4, 0.5) is 5.69 Å². The van der Waals surface area contributed by atoms with Gasteiger partial charge in [-0.05, 0) is 42.5 Å². The van der Waals surface area contributed by atoms with Gasteiger partial charge in [-0.25, -0.2) is 4.98 Å². The van der Waals surface area contributed by atoms with Gasteiger partial charge in [-0.15, -0.1) is 11.8 Å². The molecule has 1 aromatic heterocycles. The number of hydrogen-bond acceptors (Lipinski definition) is 6. The van der Waals surface area contributed by atoms with Gasteiger partial charge >= 0.3 is 0 Å². The Hall–Kier alpha value is -3.25. The second-order valence-corrected chi connectivity index (χ2v) is 9.21. The van der Waals surface area contributed by atoms with Crippen LogP contribution in [0.1, 0.15) is 0 Å². The minimum atomic E-state index is -0.245. The van der Waals surface area contributed by atoms with Crippen LogP contribution in [-0.4, -0.2) is 27.0 Å². The van der Waals surface area contributed by atoms with Crippen LogP contribution in [0.25, 0.3) is 16.6 Å². The molecule has 0 radical (unpaired) electrons. The molecule has 0 fully saturated rings. The van der Waals surface area contributed by atoms with Gasteiger partial charge in [-0.2, -0.15) is 5.26 Å². The van der Waals surface area contributed by atoms with Gasteiger partial charge in [-0.3, -0.25) is 14.2 Å². The number of benzene rings is 3. The van der Waals surface area contributed by atoms with E-state index in [-0.39, 0.29) is 23.0 Å². The average Bonchev–Trinajstić information content (AvgIpc) is 2.82. The Balaban J connectivity index is 1.63. The molecule has 0 unspecified atom stereocenters. The Morgan fingerprint density at radius 2 is 1.85 bits per heavy atom. The van der Waals surface area contributed by atoms with E-state index < -0.39 is 0 Å². The molecule has 0 aliphatic rings. The third-order valence-corrected chi connectivity index (χ3v) is 6.71. The van der Waals surface area contributed by atoms with E-state index in [1.807, 2.05) is 24.3 Å². The van der Waals surface area contributed by atoms with E-state index in [1.54, 1.807) is 48.5 Å². The summed E-state index contributed by atoms with van der Waals surface area (Å²) >= 11 is 8.68. The highest BCUT2D eigenvalue weighted by molar-refractivity contribution is 8.00. The smallest absolute Gasteiger partial charge is 0.266 e. The van der Waals surface area contributed by atoms with Gasteiger partial charge in [0.1, 0.15) is 0 Å². The molecule has 0 aliphatic heterocycles. The minimum Gasteiger partial charge on any atom is -0.324 e. The van der Waals surface area contributed by atoms with E-state index in [2.05, 4.69) is 16.4 Å². The van der Waals surface area contributed by atoms with Gasteiger partial charge in [-0.1, -0.05) is 53.7 Å². The van der Waals surface area contributed by atoms with Crippen molar-refractivity contribution < 1.29 is 4.79 Å². The number of hydrogen-bond donors (Lipinski definition) is 1. The molecule has 0 aliphatic carbocycles. The van der Waals surface area contributed by atoms with E-state index in [4.69, 9.17) is 16.9 Å². The quantitative estimate of drug-likeness (QED) is 0.275. The summed E-state index contributed by atoms with van der Waals surface area (Å²) in [7, 11) is 0. The van der Waals surface area contributed by atoms with Gasteiger partial charge < -0.3 is 5.32 Å². The average molecular weight is 493 g/mol. The fourth-order valence-corrected chi connectivity index (χ4v) is 4.84. The standard InChI is InChI=1S/C24H17ClN4O2S2/c25-16-6-5-7-17(14-16)29-23(31)18-8-1-2-9-19(18)28-24(29)33-15-22(30)27-20-10-3-4-11-21(20)32-13-12-26/h1-11,14H,13,15H2,(H,27,30). The van der Waals surface area contributed by atoms with E-state index in [0.29, 0.717) is 32.5 Å². The second kappa shape index (κ2) is 10.6. The van der Waals surface area contributed by atoms with Crippen molar-refractivity contribution in [2.45, 2.75) is 10.1 Å². The van der Waals surface area contributed by atoms with Crippen LogP contribution in [0.2, 0.25) is 5.02 Å². The first-order valence-electron chi connectivity index (χ1n) is 9.86. The maximum Gasteiger partial charge on any atom is 0.266 e. The summed E-state index contributed by atoms with van der Waals surface area (Å²) in [5, 5.41) is 13.1. The first kappa shape index (κ1) is 22.9. The van der Waals surface area contributed by atoms with Crippen LogP contribution in [0.5, 0.6) is 0 Å². The molecule has 0 spiro atoms. The number of carbonyl (C=O) groups excluding carboxylic acids is 1. The highest BCUT2D eigenvalue weighted by Gasteiger charge is 2.16. The van der Waals surface area contributed by atoms with E-state index in [9.17, 15) is 9.59 Å². The van der Waals surface area contributed by atoms with Crippen molar-refractivity contribution in [2.24, 2.45) is 0 Å². The molecule has 0 saturated heterocycles. The van der Waals surface area contributed by atoms with Crippen molar-refractivity contribution in [1.82, 2.24) is 9.55 Å². The van der Waals surface area contributed by atoms with Crippen LogP contribution in [0.3, 0.4) is 0 Å². The number of carbonyl (C=O) groups is 1. The molecule has 0 atom stereocenters. The first-order chi connectivity index (χ1) is 16.1. The number of halogens is 1. The summed E-state index contributed by atoms with van der Waals surface area (Å²) in [6.07, 6.45) is 0. The predicted octanol–water partition coefficient (Wildman–Crippen LogP) is 5.39. The number of aromatic nitrogens is 2.